The Morgan fingerprint density at radius 2 is 1.51 bits per heavy atom. The second kappa shape index (κ2) is 13.1. The first-order valence-corrected chi connectivity index (χ1v) is 14.4. The van der Waals surface area contributed by atoms with Crippen LogP contribution in [0, 0.1) is 18.7 Å². The Morgan fingerprint density at radius 3 is 2.08 bits per heavy atom. The Hall–Kier alpha value is -3.43. The first kappa shape index (κ1) is 30.1. The lowest BCUT2D eigenvalue weighted by molar-refractivity contribution is -0.139. The van der Waals surface area contributed by atoms with Crippen molar-refractivity contribution in [1.82, 2.24) is 10.2 Å². The molecule has 0 spiro atoms. The maximum Gasteiger partial charge on any atom is 0.264 e. The van der Waals surface area contributed by atoms with E-state index in [1.54, 1.807) is 31.2 Å². The summed E-state index contributed by atoms with van der Waals surface area (Å²) in [6.07, 6.45) is 0. The summed E-state index contributed by atoms with van der Waals surface area (Å²) in [5, 5.41) is 3.20. The van der Waals surface area contributed by atoms with Crippen molar-refractivity contribution in [1.29, 1.82) is 0 Å². The third-order valence-electron chi connectivity index (χ3n) is 6.12. The van der Waals surface area contributed by atoms with Crippen LogP contribution in [-0.2, 0) is 26.2 Å². The smallest absolute Gasteiger partial charge is 0.264 e. The predicted octanol–water partition coefficient (Wildman–Crippen LogP) is 5.17. The van der Waals surface area contributed by atoms with Gasteiger partial charge in [0.15, 0.2) is 0 Å². The molecular formula is C29H33ClFN3O4S. The molecule has 0 bridgehead atoms. The van der Waals surface area contributed by atoms with E-state index in [9.17, 15) is 22.4 Å². The van der Waals surface area contributed by atoms with Crippen molar-refractivity contribution in [2.45, 2.75) is 45.2 Å². The van der Waals surface area contributed by atoms with Gasteiger partial charge >= 0.3 is 0 Å². The van der Waals surface area contributed by atoms with E-state index in [1.807, 2.05) is 20.8 Å². The predicted molar refractivity (Wildman–Crippen MR) is 151 cm³/mol. The monoisotopic (exact) mass is 573 g/mol. The maximum atomic E-state index is 13.8. The minimum absolute atomic E-state index is 0.0158. The van der Waals surface area contributed by atoms with Gasteiger partial charge in [-0.15, -0.1) is 0 Å². The fraction of sp³-hybridized carbons (Fsp3) is 0.310. The molecule has 2 amide bonds. The quantitative estimate of drug-likeness (QED) is 0.343. The van der Waals surface area contributed by atoms with Gasteiger partial charge < -0.3 is 10.2 Å². The van der Waals surface area contributed by atoms with Crippen LogP contribution in [0.4, 0.5) is 10.1 Å². The molecule has 3 aromatic rings. The first-order valence-electron chi connectivity index (χ1n) is 12.5. The van der Waals surface area contributed by atoms with Crippen molar-refractivity contribution in [2.75, 3.05) is 17.4 Å². The van der Waals surface area contributed by atoms with Gasteiger partial charge in [-0.05, 0) is 73.9 Å². The molecule has 1 atom stereocenters. The summed E-state index contributed by atoms with van der Waals surface area (Å²) in [4.78, 5) is 28.1. The van der Waals surface area contributed by atoms with E-state index < -0.39 is 34.3 Å². The summed E-state index contributed by atoms with van der Waals surface area (Å²) in [6, 6.07) is 17.1. The average Bonchev–Trinajstić information content (AvgIpc) is 2.90. The topological polar surface area (TPSA) is 86.8 Å². The molecule has 3 aromatic carbocycles. The maximum absolute atomic E-state index is 13.8. The Morgan fingerprint density at radius 1 is 0.923 bits per heavy atom. The van der Waals surface area contributed by atoms with E-state index in [4.69, 9.17) is 11.6 Å². The third-order valence-corrected chi connectivity index (χ3v) is 8.16. The normalized spacial score (nSPS) is 12.2. The number of amides is 2. The Labute approximate surface area is 234 Å². The Kier molecular flexibility index (Phi) is 10.1. The van der Waals surface area contributed by atoms with Crippen LogP contribution in [0.2, 0.25) is 5.02 Å². The van der Waals surface area contributed by atoms with Crippen LogP contribution in [0.25, 0.3) is 0 Å². The van der Waals surface area contributed by atoms with Crippen molar-refractivity contribution in [3.05, 3.63) is 94.8 Å². The fourth-order valence-electron chi connectivity index (χ4n) is 3.80. The van der Waals surface area contributed by atoms with E-state index in [2.05, 4.69) is 5.32 Å². The highest BCUT2D eigenvalue weighted by Gasteiger charge is 2.32. The number of nitrogens with one attached hydrogen (secondary N) is 1. The van der Waals surface area contributed by atoms with E-state index in [1.165, 1.54) is 53.4 Å². The lowest BCUT2D eigenvalue weighted by Crippen LogP contribution is -2.51. The van der Waals surface area contributed by atoms with Crippen LogP contribution in [0.3, 0.4) is 0 Å². The zero-order valence-electron chi connectivity index (χ0n) is 22.4. The van der Waals surface area contributed by atoms with Crippen LogP contribution >= 0.6 is 11.6 Å². The van der Waals surface area contributed by atoms with Gasteiger partial charge in [-0.25, -0.2) is 12.8 Å². The molecule has 0 saturated heterocycles. The SMILES string of the molecule is Cc1ccc(N(CC(=O)N(Cc2ccc(F)cc2)[C@@H](C)C(=O)NCC(C)C)S(=O)(=O)c2ccc(Cl)cc2)cc1. The second-order valence-corrected chi connectivity index (χ2v) is 12.1. The highest BCUT2D eigenvalue weighted by atomic mass is 35.5. The van der Waals surface area contributed by atoms with E-state index in [-0.39, 0.29) is 23.3 Å². The number of anilines is 1. The number of halogens is 2. The number of carbonyl (C=O) groups is 2. The second-order valence-electron chi connectivity index (χ2n) is 9.76. The van der Waals surface area contributed by atoms with Crippen molar-refractivity contribution >= 4 is 39.1 Å². The summed E-state index contributed by atoms with van der Waals surface area (Å²) in [5.41, 5.74) is 1.81. The summed E-state index contributed by atoms with van der Waals surface area (Å²) in [5.74, 6) is -1.20. The number of carbonyl (C=O) groups excluding carboxylic acids is 2. The third kappa shape index (κ3) is 8.03. The van der Waals surface area contributed by atoms with Gasteiger partial charge in [-0.2, -0.15) is 0 Å². The van der Waals surface area contributed by atoms with Crippen LogP contribution in [0.15, 0.2) is 77.7 Å². The van der Waals surface area contributed by atoms with Crippen LogP contribution in [0.1, 0.15) is 31.9 Å². The number of sulfonamides is 1. The van der Waals surface area contributed by atoms with Gasteiger partial charge in [0.25, 0.3) is 10.0 Å². The molecule has 7 nitrogen and oxygen atoms in total. The number of nitrogens with zero attached hydrogens (tertiary/aromatic N) is 2. The Bertz CT molecular complexity index is 1380. The number of rotatable bonds is 11. The zero-order valence-corrected chi connectivity index (χ0v) is 24.0. The summed E-state index contributed by atoms with van der Waals surface area (Å²) >= 11 is 5.97. The van der Waals surface area contributed by atoms with E-state index in [0.717, 1.165) is 9.87 Å². The summed E-state index contributed by atoms with van der Waals surface area (Å²) in [7, 11) is -4.18. The Balaban J connectivity index is 2.00. The molecule has 3 rings (SSSR count). The van der Waals surface area contributed by atoms with Gasteiger partial charge in [-0.1, -0.05) is 55.3 Å². The van der Waals surface area contributed by atoms with Gasteiger partial charge in [0.2, 0.25) is 11.8 Å². The fourth-order valence-corrected chi connectivity index (χ4v) is 5.34. The lowest BCUT2D eigenvalue weighted by atomic mass is 10.1. The molecule has 0 heterocycles. The van der Waals surface area contributed by atoms with Crippen LogP contribution in [0.5, 0.6) is 0 Å². The van der Waals surface area contributed by atoms with Crippen LogP contribution < -0.4 is 9.62 Å². The number of hydrogen-bond donors (Lipinski definition) is 1. The average molecular weight is 574 g/mol. The molecule has 0 fully saturated rings. The number of benzene rings is 3. The molecule has 0 radical (unpaired) electrons. The standard InChI is InChI=1S/C29H33ClFN3O4S/c1-20(2)17-32-29(36)22(4)33(18-23-7-11-25(31)12-8-23)28(35)19-34(26-13-5-21(3)6-14-26)39(37,38)27-15-9-24(30)10-16-27/h5-16,20,22H,17-19H2,1-4H3,(H,32,36)/t22-/m0/s1. The van der Waals surface area contributed by atoms with Gasteiger partial charge in [-0.3, -0.25) is 13.9 Å². The number of aryl methyl sites for hydroxylation is 1. The summed E-state index contributed by atoms with van der Waals surface area (Å²) < 4.78 is 42.1. The molecule has 0 aliphatic carbocycles. The van der Waals surface area contributed by atoms with Gasteiger partial charge in [0.05, 0.1) is 10.6 Å². The summed E-state index contributed by atoms with van der Waals surface area (Å²) in [6.45, 7) is 7.20. The molecule has 0 aromatic heterocycles. The highest BCUT2D eigenvalue weighted by Crippen LogP contribution is 2.26. The molecular weight excluding hydrogens is 541 g/mol. The van der Waals surface area contributed by atoms with E-state index >= 15 is 0 Å². The minimum Gasteiger partial charge on any atom is -0.354 e. The van der Waals surface area contributed by atoms with Crippen molar-refractivity contribution in [3.63, 3.8) is 0 Å². The van der Waals surface area contributed by atoms with Crippen molar-refractivity contribution in [3.8, 4) is 0 Å². The molecule has 208 valence electrons. The lowest BCUT2D eigenvalue weighted by Gasteiger charge is -2.32. The van der Waals surface area contributed by atoms with E-state index in [0.29, 0.717) is 22.8 Å². The highest BCUT2D eigenvalue weighted by molar-refractivity contribution is 7.92. The largest absolute Gasteiger partial charge is 0.354 e. The molecule has 39 heavy (non-hydrogen) atoms. The first-order chi connectivity index (χ1) is 18.4. The molecule has 0 saturated carbocycles. The molecule has 0 aliphatic heterocycles. The van der Waals surface area contributed by atoms with Gasteiger partial charge in [0.1, 0.15) is 18.4 Å². The molecule has 0 aliphatic rings. The minimum atomic E-state index is -4.18. The van der Waals surface area contributed by atoms with Gasteiger partial charge in [0, 0.05) is 18.1 Å². The van der Waals surface area contributed by atoms with Crippen molar-refractivity contribution in [2.24, 2.45) is 5.92 Å². The van der Waals surface area contributed by atoms with Crippen LogP contribution in [-0.4, -0.2) is 44.3 Å². The molecule has 10 heteroatoms. The van der Waals surface area contributed by atoms with Crippen molar-refractivity contribution < 1.29 is 22.4 Å². The molecule has 0 unspecified atom stereocenters. The zero-order chi connectivity index (χ0) is 28.7. The number of hydrogen-bond acceptors (Lipinski definition) is 4. The molecule has 1 N–H and O–H groups in total.